The first-order valence-corrected chi connectivity index (χ1v) is 6.31. The number of thiazole rings is 1. The summed E-state index contributed by atoms with van der Waals surface area (Å²) < 4.78 is 0. The average molecular weight is 240 g/mol. The summed E-state index contributed by atoms with van der Waals surface area (Å²) in [5.41, 5.74) is 1.06. The molecule has 2 atom stereocenters. The molecule has 4 nitrogen and oxygen atoms in total. The van der Waals surface area contributed by atoms with Crippen molar-refractivity contribution in [1.82, 2.24) is 4.98 Å². The molecule has 0 radical (unpaired) electrons. The molecule has 16 heavy (non-hydrogen) atoms. The highest BCUT2D eigenvalue weighted by atomic mass is 32.1. The average Bonchev–Trinajstić information content (AvgIpc) is 2.76. The Bertz CT molecular complexity index is 383. The Labute approximate surface area is 98.7 Å². The van der Waals surface area contributed by atoms with E-state index in [4.69, 9.17) is 5.11 Å². The lowest BCUT2D eigenvalue weighted by Crippen LogP contribution is -2.17. The number of nitrogens with one attached hydrogen (secondary N) is 1. The zero-order valence-electron chi connectivity index (χ0n) is 9.49. The third kappa shape index (κ3) is 2.35. The second kappa shape index (κ2) is 4.41. The lowest BCUT2D eigenvalue weighted by Gasteiger charge is -2.10. The van der Waals surface area contributed by atoms with Gasteiger partial charge in [-0.1, -0.05) is 0 Å². The smallest absolute Gasteiger partial charge is 0.306 e. The van der Waals surface area contributed by atoms with Gasteiger partial charge in [-0.25, -0.2) is 4.98 Å². The molecule has 1 aliphatic carbocycles. The minimum atomic E-state index is -0.671. The van der Waals surface area contributed by atoms with Crippen LogP contribution in [0, 0.1) is 19.8 Å². The molecule has 0 unspecified atom stereocenters. The molecule has 1 heterocycles. The third-order valence-corrected chi connectivity index (χ3v) is 4.14. The van der Waals surface area contributed by atoms with E-state index in [1.807, 2.05) is 13.8 Å². The second-order valence-corrected chi connectivity index (χ2v) is 5.55. The quantitative estimate of drug-likeness (QED) is 0.851. The molecule has 5 heteroatoms. The van der Waals surface area contributed by atoms with Crippen molar-refractivity contribution in [1.29, 1.82) is 0 Å². The summed E-state index contributed by atoms with van der Waals surface area (Å²) in [5.74, 6) is -0.851. The van der Waals surface area contributed by atoms with E-state index in [2.05, 4.69) is 10.3 Å². The Hall–Kier alpha value is -1.10. The van der Waals surface area contributed by atoms with Crippen molar-refractivity contribution < 1.29 is 9.90 Å². The highest BCUT2D eigenvalue weighted by Crippen LogP contribution is 2.30. The van der Waals surface area contributed by atoms with Crippen LogP contribution >= 0.6 is 11.3 Å². The molecule has 0 bridgehead atoms. The fourth-order valence-electron chi connectivity index (χ4n) is 2.05. The Morgan fingerprint density at radius 2 is 2.25 bits per heavy atom. The Balaban J connectivity index is 1.94. The van der Waals surface area contributed by atoms with Gasteiger partial charge in [-0.2, -0.15) is 0 Å². The van der Waals surface area contributed by atoms with Crippen LogP contribution in [0.3, 0.4) is 0 Å². The fraction of sp³-hybridized carbons (Fsp3) is 0.636. The number of nitrogens with zero attached hydrogens (tertiary/aromatic N) is 1. The summed E-state index contributed by atoms with van der Waals surface area (Å²) in [4.78, 5) is 16.4. The first kappa shape index (κ1) is 11.4. The number of carbonyl (C=O) groups is 1. The number of carboxylic acid groups (broad SMARTS) is 1. The summed E-state index contributed by atoms with van der Waals surface area (Å²) in [6, 6.07) is 0.269. The number of anilines is 1. The van der Waals surface area contributed by atoms with Gasteiger partial charge < -0.3 is 10.4 Å². The van der Waals surface area contributed by atoms with E-state index in [9.17, 15) is 4.79 Å². The van der Waals surface area contributed by atoms with E-state index < -0.39 is 5.97 Å². The maximum absolute atomic E-state index is 10.8. The largest absolute Gasteiger partial charge is 0.481 e. The van der Waals surface area contributed by atoms with Crippen molar-refractivity contribution in [3.05, 3.63) is 10.6 Å². The van der Waals surface area contributed by atoms with Crippen LogP contribution in [-0.2, 0) is 4.79 Å². The molecule has 1 aromatic heterocycles. The summed E-state index contributed by atoms with van der Waals surface area (Å²) in [5, 5.41) is 13.2. The van der Waals surface area contributed by atoms with Gasteiger partial charge in [0.25, 0.3) is 0 Å². The summed E-state index contributed by atoms with van der Waals surface area (Å²) in [6.45, 7) is 4.04. The Kier molecular flexibility index (Phi) is 3.14. The number of aryl methyl sites for hydroxylation is 2. The van der Waals surface area contributed by atoms with Gasteiger partial charge in [-0.15, -0.1) is 11.3 Å². The molecule has 0 saturated heterocycles. The van der Waals surface area contributed by atoms with Gasteiger partial charge in [0.15, 0.2) is 5.13 Å². The van der Waals surface area contributed by atoms with Crippen LogP contribution < -0.4 is 5.32 Å². The van der Waals surface area contributed by atoms with E-state index in [1.165, 1.54) is 4.88 Å². The topological polar surface area (TPSA) is 62.2 Å². The number of hydrogen-bond acceptors (Lipinski definition) is 4. The SMILES string of the molecule is Cc1nc(N[C@H]2CC[C@@H](C(=O)O)C2)sc1C. The number of carboxylic acids is 1. The molecule has 1 aliphatic rings. The molecule has 0 amide bonds. The van der Waals surface area contributed by atoms with Gasteiger partial charge in [0.2, 0.25) is 0 Å². The van der Waals surface area contributed by atoms with Gasteiger partial charge in [0.05, 0.1) is 11.6 Å². The molecule has 1 fully saturated rings. The van der Waals surface area contributed by atoms with Crippen molar-refractivity contribution in [2.24, 2.45) is 5.92 Å². The highest BCUT2D eigenvalue weighted by Gasteiger charge is 2.29. The van der Waals surface area contributed by atoms with Crippen LogP contribution in [-0.4, -0.2) is 22.1 Å². The maximum Gasteiger partial charge on any atom is 0.306 e. The number of hydrogen-bond donors (Lipinski definition) is 2. The van der Waals surface area contributed by atoms with Gasteiger partial charge >= 0.3 is 5.97 Å². The third-order valence-electron chi connectivity index (χ3n) is 3.14. The fourth-order valence-corrected chi connectivity index (χ4v) is 2.94. The molecule has 1 aromatic rings. The minimum absolute atomic E-state index is 0.181. The molecule has 1 saturated carbocycles. The van der Waals surface area contributed by atoms with Crippen LogP contribution in [0.2, 0.25) is 0 Å². The first-order chi connectivity index (χ1) is 7.56. The van der Waals surface area contributed by atoms with E-state index >= 15 is 0 Å². The van der Waals surface area contributed by atoms with E-state index in [1.54, 1.807) is 11.3 Å². The van der Waals surface area contributed by atoms with Crippen LogP contribution in [0.15, 0.2) is 0 Å². The summed E-state index contributed by atoms with van der Waals surface area (Å²) in [6.07, 6.45) is 2.41. The summed E-state index contributed by atoms with van der Waals surface area (Å²) in [7, 11) is 0. The van der Waals surface area contributed by atoms with Crippen molar-refractivity contribution in [2.75, 3.05) is 5.32 Å². The first-order valence-electron chi connectivity index (χ1n) is 5.49. The van der Waals surface area contributed by atoms with Crippen LogP contribution in [0.5, 0.6) is 0 Å². The lowest BCUT2D eigenvalue weighted by molar-refractivity contribution is -0.141. The van der Waals surface area contributed by atoms with Crippen molar-refractivity contribution in [3.63, 3.8) is 0 Å². The molecule has 2 N–H and O–H groups in total. The van der Waals surface area contributed by atoms with Crippen molar-refractivity contribution >= 4 is 22.4 Å². The Morgan fingerprint density at radius 1 is 1.50 bits per heavy atom. The molecule has 0 spiro atoms. The maximum atomic E-state index is 10.8. The van der Waals surface area contributed by atoms with Gasteiger partial charge in [0.1, 0.15) is 0 Å². The van der Waals surface area contributed by atoms with E-state index in [0.717, 1.165) is 23.7 Å². The molecule has 88 valence electrons. The predicted octanol–water partition coefficient (Wildman–Crippen LogP) is 2.43. The molecule has 0 aromatic carbocycles. The van der Waals surface area contributed by atoms with Crippen molar-refractivity contribution in [2.45, 2.75) is 39.2 Å². The van der Waals surface area contributed by atoms with Crippen LogP contribution in [0.25, 0.3) is 0 Å². The predicted molar refractivity (Wildman–Crippen MR) is 64.0 cm³/mol. The lowest BCUT2D eigenvalue weighted by atomic mass is 10.1. The van der Waals surface area contributed by atoms with Crippen LogP contribution in [0.4, 0.5) is 5.13 Å². The Morgan fingerprint density at radius 3 is 2.75 bits per heavy atom. The normalized spacial score (nSPS) is 24.6. The van der Waals surface area contributed by atoms with Crippen molar-refractivity contribution in [3.8, 4) is 0 Å². The highest BCUT2D eigenvalue weighted by molar-refractivity contribution is 7.15. The van der Waals surface area contributed by atoms with Gasteiger partial charge in [-0.05, 0) is 33.1 Å². The number of aliphatic carboxylic acids is 1. The molecular formula is C11H16N2O2S. The molecule has 0 aliphatic heterocycles. The monoisotopic (exact) mass is 240 g/mol. The summed E-state index contributed by atoms with van der Waals surface area (Å²) >= 11 is 1.64. The molecule has 2 rings (SSSR count). The number of aromatic nitrogens is 1. The van der Waals surface area contributed by atoms with Crippen LogP contribution in [0.1, 0.15) is 29.8 Å². The van der Waals surface area contributed by atoms with E-state index in [-0.39, 0.29) is 12.0 Å². The standard InChI is InChI=1S/C11H16N2O2S/c1-6-7(2)16-11(12-6)13-9-4-3-8(5-9)10(14)15/h8-9H,3-5H2,1-2H3,(H,12,13)(H,14,15)/t8-,9+/m1/s1. The van der Waals surface area contributed by atoms with E-state index in [0.29, 0.717) is 6.42 Å². The zero-order valence-corrected chi connectivity index (χ0v) is 10.3. The zero-order chi connectivity index (χ0) is 11.7. The molecular weight excluding hydrogens is 224 g/mol. The minimum Gasteiger partial charge on any atom is -0.481 e. The van der Waals surface area contributed by atoms with Gasteiger partial charge in [0, 0.05) is 10.9 Å². The number of rotatable bonds is 3. The second-order valence-electron chi connectivity index (χ2n) is 4.35. The van der Waals surface area contributed by atoms with Gasteiger partial charge in [-0.3, -0.25) is 4.79 Å².